The molecule has 0 saturated carbocycles. The number of amides is 3. The summed E-state index contributed by atoms with van der Waals surface area (Å²) in [6.07, 6.45) is 0. The number of urea groups is 1. The molecule has 2 aliphatic heterocycles. The van der Waals surface area contributed by atoms with Crippen LogP contribution in [0.1, 0.15) is 19.4 Å². The fourth-order valence-electron chi connectivity index (χ4n) is 3.75. The minimum absolute atomic E-state index is 0.0283. The zero-order valence-electron chi connectivity index (χ0n) is 14.8. The van der Waals surface area contributed by atoms with Gasteiger partial charge in [-0.05, 0) is 32.0 Å². The van der Waals surface area contributed by atoms with Gasteiger partial charge < -0.3 is 10.2 Å². The molecule has 2 heterocycles. The molecule has 3 amide bonds. The summed E-state index contributed by atoms with van der Waals surface area (Å²) in [5.41, 5.74) is 2.54. The topological polar surface area (TPSA) is 52.7 Å². The fourth-order valence-corrected chi connectivity index (χ4v) is 5.20. The molecule has 1 atom stereocenters. The lowest BCUT2D eigenvalue weighted by molar-refractivity contribution is -0.123. The van der Waals surface area contributed by atoms with E-state index >= 15 is 0 Å². The largest absolute Gasteiger partial charge is 0.323 e. The first-order chi connectivity index (χ1) is 12.6. The standard InChI is InChI=1S/C20H21N3O2S/c1-14(2)23-17-11-7-6-10-16(17)20(18(23)24)22(12-13-26-20)19(25)21-15-8-4-3-5-9-15/h3-11,14H,12-13H2,1-2H3,(H,21,25). The Balaban J connectivity index is 1.75. The Morgan fingerprint density at radius 1 is 1.12 bits per heavy atom. The van der Waals surface area contributed by atoms with Crippen LogP contribution >= 0.6 is 11.8 Å². The number of fused-ring (bicyclic) bond motifs is 2. The zero-order valence-corrected chi connectivity index (χ0v) is 15.6. The summed E-state index contributed by atoms with van der Waals surface area (Å²) in [6.45, 7) is 4.54. The number of carbonyl (C=O) groups excluding carboxylic acids is 2. The Morgan fingerprint density at radius 3 is 2.54 bits per heavy atom. The first kappa shape index (κ1) is 17.0. The van der Waals surface area contributed by atoms with Gasteiger partial charge >= 0.3 is 6.03 Å². The van der Waals surface area contributed by atoms with E-state index in [0.717, 1.165) is 22.7 Å². The van der Waals surface area contributed by atoms with Crippen molar-refractivity contribution in [3.05, 3.63) is 60.2 Å². The van der Waals surface area contributed by atoms with Crippen LogP contribution in [0.25, 0.3) is 0 Å². The van der Waals surface area contributed by atoms with Crippen molar-refractivity contribution in [2.75, 3.05) is 22.5 Å². The predicted octanol–water partition coefficient (Wildman–Crippen LogP) is 3.88. The smallest absolute Gasteiger partial charge is 0.308 e. The van der Waals surface area contributed by atoms with Crippen LogP contribution in [-0.4, -0.2) is 35.2 Å². The second kappa shape index (κ2) is 6.36. The van der Waals surface area contributed by atoms with E-state index in [1.165, 1.54) is 0 Å². The van der Waals surface area contributed by atoms with E-state index in [-0.39, 0.29) is 18.0 Å². The third-order valence-electron chi connectivity index (χ3n) is 4.83. The SMILES string of the molecule is CC(C)N1C(=O)C2(SCCN2C(=O)Nc2ccccc2)c2ccccc21. The molecule has 1 unspecified atom stereocenters. The van der Waals surface area contributed by atoms with Crippen molar-refractivity contribution in [3.8, 4) is 0 Å². The van der Waals surface area contributed by atoms with Gasteiger partial charge in [0.05, 0.1) is 5.69 Å². The molecule has 26 heavy (non-hydrogen) atoms. The van der Waals surface area contributed by atoms with Gasteiger partial charge in [0.25, 0.3) is 5.91 Å². The quantitative estimate of drug-likeness (QED) is 0.876. The lowest BCUT2D eigenvalue weighted by Crippen LogP contribution is -2.52. The summed E-state index contributed by atoms with van der Waals surface area (Å²) in [5, 5.41) is 2.93. The molecule has 1 fully saturated rings. The number of nitrogens with zero attached hydrogens (tertiary/aromatic N) is 2. The van der Waals surface area contributed by atoms with Crippen molar-refractivity contribution in [1.29, 1.82) is 0 Å². The van der Waals surface area contributed by atoms with Crippen LogP contribution < -0.4 is 10.2 Å². The van der Waals surface area contributed by atoms with E-state index in [1.54, 1.807) is 16.7 Å². The van der Waals surface area contributed by atoms with Gasteiger partial charge in [-0.15, -0.1) is 11.8 Å². The van der Waals surface area contributed by atoms with Crippen LogP contribution in [0.4, 0.5) is 16.2 Å². The second-order valence-corrected chi connectivity index (χ2v) is 8.01. The van der Waals surface area contributed by atoms with Gasteiger partial charge in [0.2, 0.25) is 0 Å². The Labute approximate surface area is 157 Å². The highest BCUT2D eigenvalue weighted by Crippen LogP contribution is 2.54. The monoisotopic (exact) mass is 367 g/mol. The van der Waals surface area contributed by atoms with Crippen LogP contribution in [0, 0.1) is 0 Å². The number of thioether (sulfide) groups is 1. The van der Waals surface area contributed by atoms with Crippen molar-refractivity contribution >= 4 is 35.1 Å². The maximum absolute atomic E-state index is 13.5. The van der Waals surface area contributed by atoms with Crippen molar-refractivity contribution in [2.45, 2.75) is 24.8 Å². The first-order valence-electron chi connectivity index (χ1n) is 8.76. The molecule has 5 nitrogen and oxygen atoms in total. The molecule has 134 valence electrons. The lowest BCUT2D eigenvalue weighted by Gasteiger charge is -2.33. The third kappa shape index (κ3) is 2.40. The Kier molecular flexibility index (Phi) is 4.15. The third-order valence-corrected chi connectivity index (χ3v) is 6.25. The number of hydrogen-bond acceptors (Lipinski definition) is 3. The average molecular weight is 367 g/mol. The number of benzene rings is 2. The minimum Gasteiger partial charge on any atom is -0.308 e. The molecule has 6 heteroatoms. The van der Waals surface area contributed by atoms with Crippen LogP contribution in [0.15, 0.2) is 54.6 Å². The maximum atomic E-state index is 13.5. The van der Waals surface area contributed by atoms with Gasteiger partial charge in [-0.1, -0.05) is 36.4 Å². The van der Waals surface area contributed by atoms with Crippen molar-refractivity contribution in [3.63, 3.8) is 0 Å². The number of rotatable bonds is 2. The summed E-state index contributed by atoms with van der Waals surface area (Å²) >= 11 is 1.55. The molecule has 2 aromatic rings. The first-order valence-corrected chi connectivity index (χ1v) is 9.75. The highest BCUT2D eigenvalue weighted by atomic mass is 32.2. The van der Waals surface area contributed by atoms with Gasteiger partial charge in [-0.25, -0.2) is 4.79 Å². The molecule has 2 aromatic carbocycles. The summed E-state index contributed by atoms with van der Waals surface area (Å²) in [7, 11) is 0. The number of anilines is 2. The molecule has 0 radical (unpaired) electrons. The number of para-hydroxylation sites is 2. The number of carbonyl (C=O) groups is 2. The molecule has 2 aliphatic rings. The van der Waals surface area contributed by atoms with Gasteiger partial charge in [0.1, 0.15) is 0 Å². The summed E-state index contributed by atoms with van der Waals surface area (Å²) in [4.78, 5) is 29.0. The molecule has 1 saturated heterocycles. The Morgan fingerprint density at radius 2 is 1.81 bits per heavy atom. The normalized spacial score (nSPS) is 21.6. The molecular formula is C20H21N3O2S. The van der Waals surface area contributed by atoms with Crippen LogP contribution in [-0.2, 0) is 9.67 Å². The molecule has 1 N–H and O–H groups in total. The highest BCUT2D eigenvalue weighted by molar-refractivity contribution is 8.01. The molecule has 1 spiro atoms. The minimum atomic E-state index is -0.972. The van der Waals surface area contributed by atoms with E-state index in [1.807, 2.05) is 73.3 Å². The Bertz CT molecular complexity index is 855. The number of nitrogens with one attached hydrogen (secondary N) is 1. The van der Waals surface area contributed by atoms with E-state index in [4.69, 9.17) is 0 Å². The molecular weight excluding hydrogens is 346 g/mol. The molecule has 0 aliphatic carbocycles. The maximum Gasteiger partial charge on any atom is 0.323 e. The van der Waals surface area contributed by atoms with Crippen LogP contribution in [0.5, 0.6) is 0 Å². The predicted molar refractivity (Wildman–Crippen MR) is 105 cm³/mol. The van der Waals surface area contributed by atoms with E-state index in [2.05, 4.69) is 5.32 Å². The van der Waals surface area contributed by atoms with Gasteiger partial charge in [-0.3, -0.25) is 9.69 Å². The summed E-state index contributed by atoms with van der Waals surface area (Å²) in [6, 6.07) is 16.9. The van der Waals surface area contributed by atoms with Crippen molar-refractivity contribution in [1.82, 2.24) is 4.90 Å². The summed E-state index contributed by atoms with van der Waals surface area (Å²) < 4.78 is 0. The lowest BCUT2D eigenvalue weighted by atomic mass is 10.1. The van der Waals surface area contributed by atoms with Crippen LogP contribution in [0.2, 0.25) is 0 Å². The molecule has 0 bridgehead atoms. The average Bonchev–Trinajstić information content (AvgIpc) is 3.18. The highest BCUT2D eigenvalue weighted by Gasteiger charge is 2.59. The van der Waals surface area contributed by atoms with E-state index in [0.29, 0.717) is 6.54 Å². The molecule has 4 rings (SSSR count). The molecule has 0 aromatic heterocycles. The zero-order chi connectivity index (χ0) is 18.3. The van der Waals surface area contributed by atoms with Crippen molar-refractivity contribution < 1.29 is 9.59 Å². The van der Waals surface area contributed by atoms with Crippen molar-refractivity contribution in [2.24, 2.45) is 0 Å². The number of hydrogen-bond donors (Lipinski definition) is 1. The van der Waals surface area contributed by atoms with Crippen LogP contribution in [0.3, 0.4) is 0 Å². The van der Waals surface area contributed by atoms with Gasteiger partial charge in [0, 0.05) is 29.6 Å². The summed E-state index contributed by atoms with van der Waals surface area (Å²) in [5.74, 6) is 0.702. The van der Waals surface area contributed by atoms with E-state index < -0.39 is 4.87 Å². The van der Waals surface area contributed by atoms with Gasteiger partial charge in [0.15, 0.2) is 4.87 Å². The van der Waals surface area contributed by atoms with E-state index in [9.17, 15) is 9.59 Å². The second-order valence-electron chi connectivity index (χ2n) is 6.73. The Hall–Kier alpha value is -2.47. The fraction of sp³-hybridized carbons (Fsp3) is 0.300. The van der Waals surface area contributed by atoms with Gasteiger partial charge in [-0.2, -0.15) is 0 Å².